The van der Waals surface area contributed by atoms with Crippen molar-refractivity contribution in [2.24, 2.45) is 0 Å². The summed E-state index contributed by atoms with van der Waals surface area (Å²) in [6, 6.07) is 21.3. The van der Waals surface area contributed by atoms with E-state index in [0.717, 1.165) is 39.6 Å². The molecule has 0 aliphatic carbocycles. The normalized spacial score (nSPS) is 10.7. The van der Waals surface area contributed by atoms with Gasteiger partial charge in [0.25, 0.3) is 0 Å². The maximum absolute atomic E-state index is 12.7. The van der Waals surface area contributed by atoms with Crippen LogP contribution in [0.15, 0.2) is 71.9 Å². The van der Waals surface area contributed by atoms with Crippen molar-refractivity contribution >= 4 is 23.4 Å². The minimum atomic E-state index is -0.109. The number of carbonyl (C=O) groups excluding carboxylic acids is 1. The van der Waals surface area contributed by atoms with E-state index in [1.165, 1.54) is 11.8 Å². The number of carbonyl (C=O) groups is 1. The zero-order valence-electron chi connectivity index (χ0n) is 19.5. The Balaban J connectivity index is 1.62. The molecule has 0 radical (unpaired) electrons. The highest BCUT2D eigenvalue weighted by Gasteiger charge is 2.18. The Bertz CT molecular complexity index is 1280. The lowest BCUT2D eigenvalue weighted by molar-refractivity contribution is -0.113. The van der Waals surface area contributed by atoms with Crippen LogP contribution in [0.25, 0.3) is 17.1 Å². The number of hydrogen-bond donors (Lipinski definition) is 1. The van der Waals surface area contributed by atoms with Crippen LogP contribution in [0.4, 0.5) is 5.69 Å². The predicted octanol–water partition coefficient (Wildman–Crippen LogP) is 5.30. The van der Waals surface area contributed by atoms with Crippen LogP contribution in [-0.2, 0) is 4.79 Å². The highest BCUT2D eigenvalue weighted by atomic mass is 32.2. The second kappa shape index (κ2) is 10.4. The van der Waals surface area contributed by atoms with Gasteiger partial charge in [-0.05, 0) is 73.5 Å². The summed E-state index contributed by atoms with van der Waals surface area (Å²) < 4.78 is 12.6. The molecule has 0 unspecified atom stereocenters. The molecule has 0 saturated carbocycles. The third-order valence-electron chi connectivity index (χ3n) is 5.13. The number of amides is 1. The smallest absolute Gasteiger partial charge is 0.234 e. The minimum absolute atomic E-state index is 0.109. The van der Waals surface area contributed by atoms with Crippen LogP contribution in [-0.4, -0.2) is 40.6 Å². The third-order valence-corrected chi connectivity index (χ3v) is 6.06. The summed E-state index contributed by atoms with van der Waals surface area (Å²) in [5, 5.41) is 12.4. The summed E-state index contributed by atoms with van der Waals surface area (Å²) in [4.78, 5) is 12.7. The Labute approximate surface area is 203 Å². The summed E-state index contributed by atoms with van der Waals surface area (Å²) in [5.74, 6) is 2.22. The van der Waals surface area contributed by atoms with Crippen molar-refractivity contribution in [1.29, 1.82) is 0 Å². The number of ether oxygens (including phenoxy) is 2. The molecule has 8 heteroatoms. The molecule has 4 aromatic rings. The first-order valence-electron chi connectivity index (χ1n) is 10.7. The van der Waals surface area contributed by atoms with Crippen LogP contribution in [0, 0.1) is 13.8 Å². The first kappa shape index (κ1) is 23.4. The van der Waals surface area contributed by atoms with E-state index in [1.54, 1.807) is 14.2 Å². The van der Waals surface area contributed by atoms with Crippen molar-refractivity contribution in [1.82, 2.24) is 14.8 Å². The van der Waals surface area contributed by atoms with Crippen molar-refractivity contribution in [2.75, 3.05) is 25.3 Å². The number of hydrogen-bond acceptors (Lipinski definition) is 6. The number of rotatable bonds is 8. The average Bonchev–Trinajstić information content (AvgIpc) is 3.26. The third kappa shape index (κ3) is 5.40. The molecule has 1 amide bonds. The summed E-state index contributed by atoms with van der Waals surface area (Å²) in [6.45, 7) is 4.02. The van der Waals surface area contributed by atoms with E-state index in [2.05, 4.69) is 21.6 Å². The van der Waals surface area contributed by atoms with E-state index >= 15 is 0 Å². The summed E-state index contributed by atoms with van der Waals surface area (Å²) >= 11 is 1.33. The fourth-order valence-corrected chi connectivity index (χ4v) is 4.40. The lowest BCUT2D eigenvalue weighted by atomic mass is 10.1. The highest BCUT2D eigenvalue weighted by Crippen LogP contribution is 2.30. The van der Waals surface area contributed by atoms with Gasteiger partial charge in [0, 0.05) is 16.9 Å². The zero-order chi connectivity index (χ0) is 24.1. The van der Waals surface area contributed by atoms with Gasteiger partial charge in [0.05, 0.1) is 20.0 Å². The van der Waals surface area contributed by atoms with Crippen LogP contribution in [0.3, 0.4) is 0 Å². The van der Waals surface area contributed by atoms with Gasteiger partial charge in [-0.1, -0.05) is 30.0 Å². The molecular weight excluding hydrogens is 448 g/mol. The fraction of sp³-hybridized carbons (Fsp3) is 0.192. The van der Waals surface area contributed by atoms with E-state index in [4.69, 9.17) is 9.47 Å². The molecule has 34 heavy (non-hydrogen) atoms. The number of aromatic nitrogens is 3. The van der Waals surface area contributed by atoms with Crippen LogP contribution in [0.2, 0.25) is 0 Å². The number of thioether (sulfide) groups is 1. The standard InChI is InChI=1S/C26H26N4O3S/c1-17-12-18(2)14-20(13-17)27-24(31)16-34-26-29-28-25(19-6-5-7-23(15-19)33-4)30(26)21-8-10-22(32-3)11-9-21/h5-15H,16H2,1-4H3,(H,27,31). The van der Waals surface area contributed by atoms with Gasteiger partial charge in [-0.2, -0.15) is 0 Å². The Kier molecular flexibility index (Phi) is 7.18. The molecule has 0 aliphatic heterocycles. The molecular formula is C26H26N4O3S. The Morgan fingerprint density at radius 1 is 0.912 bits per heavy atom. The van der Waals surface area contributed by atoms with Gasteiger partial charge in [-0.15, -0.1) is 10.2 Å². The summed E-state index contributed by atoms with van der Waals surface area (Å²) in [7, 11) is 3.26. The summed E-state index contributed by atoms with van der Waals surface area (Å²) in [5.41, 5.74) is 4.71. The van der Waals surface area contributed by atoms with E-state index in [1.807, 2.05) is 79.1 Å². The number of nitrogens with one attached hydrogen (secondary N) is 1. The number of methoxy groups -OCH3 is 2. The summed E-state index contributed by atoms with van der Waals surface area (Å²) in [6.07, 6.45) is 0. The number of benzene rings is 3. The Morgan fingerprint density at radius 3 is 2.29 bits per heavy atom. The van der Waals surface area contributed by atoms with Gasteiger partial charge in [0.1, 0.15) is 11.5 Å². The van der Waals surface area contributed by atoms with Crippen LogP contribution < -0.4 is 14.8 Å². The molecule has 1 heterocycles. The number of nitrogens with zero attached hydrogens (tertiary/aromatic N) is 3. The van der Waals surface area contributed by atoms with Gasteiger partial charge in [0.2, 0.25) is 5.91 Å². The molecule has 0 bridgehead atoms. The van der Waals surface area contributed by atoms with Crippen molar-refractivity contribution in [3.63, 3.8) is 0 Å². The first-order chi connectivity index (χ1) is 16.5. The molecule has 0 spiro atoms. The Hall–Kier alpha value is -3.78. The monoisotopic (exact) mass is 474 g/mol. The molecule has 3 aromatic carbocycles. The van der Waals surface area contributed by atoms with Crippen molar-refractivity contribution in [3.05, 3.63) is 77.9 Å². The average molecular weight is 475 g/mol. The van der Waals surface area contributed by atoms with Gasteiger partial charge < -0.3 is 14.8 Å². The SMILES string of the molecule is COc1ccc(-n2c(SCC(=O)Nc3cc(C)cc(C)c3)nnc2-c2cccc(OC)c2)cc1. The van der Waals surface area contributed by atoms with Gasteiger partial charge >= 0.3 is 0 Å². The number of aryl methyl sites for hydroxylation is 2. The lowest BCUT2D eigenvalue weighted by Gasteiger charge is -2.12. The molecule has 1 N–H and O–H groups in total. The second-order valence-corrected chi connectivity index (χ2v) is 8.73. The molecule has 0 fully saturated rings. The quantitative estimate of drug-likeness (QED) is 0.349. The van der Waals surface area contributed by atoms with Crippen LogP contribution >= 0.6 is 11.8 Å². The molecule has 174 valence electrons. The molecule has 0 aliphatic rings. The molecule has 4 rings (SSSR count). The molecule has 1 aromatic heterocycles. The van der Waals surface area contributed by atoms with Gasteiger partial charge in [0.15, 0.2) is 11.0 Å². The van der Waals surface area contributed by atoms with Gasteiger partial charge in [-0.25, -0.2) is 0 Å². The van der Waals surface area contributed by atoms with Gasteiger partial charge in [-0.3, -0.25) is 9.36 Å². The predicted molar refractivity (Wildman–Crippen MR) is 135 cm³/mol. The maximum Gasteiger partial charge on any atom is 0.234 e. The van der Waals surface area contributed by atoms with Crippen molar-refractivity contribution in [3.8, 4) is 28.6 Å². The van der Waals surface area contributed by atoms with E-state index < -0.39 is 0 Å². The largest absolute Gasteiger partial charge is 0.497 e. The zero-order valence-corrected chi connectivity index (χ0v) is 20.3. The van der Waals surface area contributed by atoms with Crippen LogP contribution in [0.5, 0.6) is 11.5 Å². The van der Waals surface area contributed by atoms with E-state index in [9.17, 15) is 4.79 Å². The van der Waals surface area contributed by atoms with Crippen molar-refractivity contribution in [2.45, 2.75) is 19.0 Å². The first-order valence-corrected chi connectivity index (χ1v) is 11.7. The molecule has 0 atom stereocenters. The van der Waals surface area contributed by atoms with Crippen LogP contribution in [0.1, 0.15) is 11.1 Å². The lowest BCUT2D eigenvalue weighted by Crippen LogP contribution is -2.14. The van der Waals surface area contributed by atoms with E-state index in [-0.39, 0.29) is 11.7 Å². The Morgan fingerprint density at radius 2 is 1.62 bits per heavy atom. The fourth-order valence-electron chi connectivity index (χ4n) is 3.65. The molecule has 7 nitrogen and oxygen atoms in total. The second-order valence-electron chi connectivity index (χ2n) is 7.78. The number of anilines is 1. The topological polar surface area (TPSA) is 78.3 Å². The van der Waals surface area contributed by atoms with E-state index in [0.29, 0.717) is 11.0 Å². The highest BCUT2D eigenvalue weighted by molar-refractivity contribution is 7.99. The molecule has 0 saturated heterocycles. The minimum Gasteiger partial charge on any atom is -0.497 e. The van der Waals surface area contributed by atoms with Crippen molar-refractivity contribution < 1.29 is 14.3 Å². The maximum atomic E-state index is 12.7.